The van der Waals surface area contributed by atoms with Gasteiger partial charge in [-0.15, -0.1) is 0 Å². The lowest BCUT2D eigenvalue weighted by Gasteiger charge is -2.30. The highest BCUT2D eigenvalue weighted by atomic mass is 16.2. The first-order valence-corrected chi connectivity index (χ1v) is 9.83. The van der Waals surface area contributed by atoms with Gasteiger partial charge in [-0.3, -0.25) is 14.5 Å². The Hall–Kier alpha value is -2.15. The summed E-state index contributed by atoms with van der Waals surface area (Å²) >= 11 is 0. The third-order valence-corrected chi connectivity index (χ3v) is 4.82. The van der Waals surface area contributed by atoms with Gasteiger partial charge in [-0.1, -0.05) is 47.6 Å². The molecule has 0 aliphatic carbocycles. The van der Waals surface area contributed by atoms with E-state index < -0.39 is 11.5 Å². The molecule has 0 radical (unpaired) electrons. The number of hydrogen-bond donors (Lipinski definition) is 2. The fourth-order valence-corrected chi connectivity index (χ4v) is 3.17. The average Bonchev–Trinajstić information content (AvgIpc) is 2.93. The van der Waals surface area contributed by atoms with Crippen LogP contribution in [-0.2, 0) is 17.9 Å². The van der Waals surface area contributed by atoms with Crippen molar-refractivity contribution in [1.29, 1.82) is 0 Å². The number of hydrogen-bond acceptors (Lipinski definition) is 4. The smallest absolute Gasteiger partial charge is 0.272 e. The minimum absolute atomic E-state index is 0.0246. The standard InChI is InChI=1S/C21H35N5O2/c1-20(2,3)10-9-15-23-16(14-13-25(8)11-12-26(14)15)18(27)24-17(19(28)22-7)21(4,5)6/h9-10,17H,11-13H2,1-8H3,(H,22,28)(H,24,27)/b10-9+/t17-/m1/s1. The highest BCUT2D eigenvalue weighted by molar-refractivity contribution is 5.97. The molecule has 2 N–H and O–H groups in total. The zero-order chi connectivity index (χ0) is 21.3. The second-order valence-corrected chi connectivity index (χ2v) is 9.74. The Balaban J connectivity index is 2.41. The molecule has 2 amide bonds. The largest absolute Gasteiger partial charge is 0.357 e. The summed E-state index contributed by atoms with van der Waals surface area (Å²) in [4.78, 5) is 32.2. The van der Waals surface area contributed by atoms with Crippen LogP contribution in [0.3, 0.4) is 0 Å². The maximum atomic E-state index is 13.1. The van der Waals surface area contributed by atoms with E-state index in [0.717, 1.165) is 24.6 Å². The fourth-order valence-electron chi connectivity index (χ4n) is 3.17. The van der Waals surface area contributed by atoms with Gasteiger partial charge < -0.3 is 15.2 Å². The van der Waals surface area contributed by atoms with E-state index in [9.17, 15) is 9.59 Å². The van der Waals surface area contributed by atoms with Crippen molar-refractivity contribution in [1.82, 2.24) is 25.1 Å². The summed E-state index contributed by atoms with van der Waals surface area (Å²) in [5, 5.41) is 5.55. The minimum Gasteiger partial charge on any atom is -0.357 e. The van der Waals surface area contributed by atoms with Crippen LogP contribution in [0, 0.1) is 10.8 Å². The highest BCUT2D eigenvalue weighted by Crippen LogP contribution is 2.24. The van der Waals surface area contributed by atoms with Crippen molar-refractivity contribution in [2.24, 2.45) is 10.8 Å². The number of aromatic nitrogens is 2. The van der Waals surface area contributed by atoms with Crippen molar-refractivity contribution >= 4 is 17.9 Å². The number of rotatable bonds is 4. The van der Waals surface area contributed by atoms with Gasteiger partial charge in [-0.05, 0) is 24.0 Å². The van der Waals surface area contributed by atoms with E-state index in [-0.39, 0.29) is 17.2 Å². The molecule has 1 aromatic heterocycles. The van der Waals surface area contributed by atoms with E-state index in [1.54, 1.807) is 7.05 Å². The molecular formula is C21H35N5O2. The zero-order valence-corrected chi connectivity index (χ0v) is 18.5. The molecule has 7 heteroatoms. The molecule has 0 unspecified atom stereocenters. The molecule has 1 atom stereocenters. The second-order valence-electron chi connectivity index (χ2n) is 9.74. The Bertz CT molecular complexity index is 765. The molecule has 2 rings (SSSR count). The van der Waals surface area contributed by atoms with Gasteiger partial charge in [0, 0.05) is 26.7 Å². The van der Waals surface area contributed by atoms with Gasteiger partial charge in [0.1, 0.15) is 11.9 Å². The number of carbonyl (C=O) groups is 2. The van der Waals surface area contributed by atoms with E-state index in [1.807, 2.05) is 33.9 Å². The Labute approximate surface area is 168 Å². The highest BCUT2D eigenvalue weighted by Gasteiger charge is 2.34. The van der Waals surface area contributed by atoms with Crippen molar-refractivity contribution in [3.05, 3.63) is 23.3 Å². The maximum Gasteiger partial charge on any atom is 0.272 e. The molecule has 0 fully saturated rings. The molecule has 0 saturated heterocycles. The van der Waals surface area contributed by atoms with Crippen molar-refractivity contribution in [3.8, 4) is 0 Å². The van der Waals surface area contributed by atoms with Gasteiger partial charge >= 0.3 is 0 Å². The number of imidazole rings is 1. The van der Waals surface area contributed by atoms with E-state index in [2.05, 4.69) is 51.9 Å². The fraction of sp³-hybridized carbons (Fsp3) is 0.667. The molecule has 1 aromatic rings. The predicted octanol–water partition coefficient (Wildman–Crippen LogP) is 2.28. The van der Waals surface area contributed by atoms with Crippen molar-refractivity contribution < 1.29 is 9.59 Å². The zero-order valence-electron chi connectivity index (χ0n) is 18.5. The number of nitrogens with zero attached hydrogens (tertiary/aromatic N) is 3. The first kappa shape index (κ1) is 22.1. The summed E-state index contributed by atoms with van der Waals surface area (Å²) in [6.45, 7) is 14.5. The number of allylic oxidation sites excluding steroid dienone is 1. The van der Waals surface area contributed by atoms with Gasteiger partial charge in [0.05, 0.1) is 5.69 Å². The van der Waals surface area contributed by atoms with E-state index in [1.165, 1.54) is 0 Å². The molecule has 7 nitrogen and oxygen atoms in total. The Morgan fingerprint density at radius 3 is 2.32 bits per heavy atom. The van der Waals surface area contributed by atoms with Gasteiger partial charge in [-0.25, -0.2) is 4.98 Å². The van der Waals surface area contributed by atoms with Crippen LogP contribution < -0.4 is 10.6 Å². The minimum atomic E-state index is -0.641. The van der Waals surface area contributed by atoms with Crippen LogP contribution in [0.25, 0.3) is 6.08 Å². The van der Waals surface area contributed by atoms with Crippen LogP contribution >= 0.6 is 0 Å². The monoisotopic (exact) mass is 389 g/mol. The molecule has 0 aromatic carbocycles. The number of amides is 2. The molecule has 1 aliphatic rings. The van der Waals surface area contributed by atoms with E-state index in [4.69, 9.17) is 0 Å². The molecule has 156 valence electrons. The van der Waals surface area contributed by atoms with Crippen LogP contribution in [0.5, 0.6) is 0 Å². The van der Waals surface area contributed by atoms with Crippen LogP contribution in [-0.4, -0.2) is 52.9 Å². The predicted molar refractivity (Wildman–Crippen MR) is 112 cm³/mol. The average molecular weight is 390 g/mol. The number of nitrogens with one attached hydrogen (secondary N) is 2. The summed E-state index contributed by atoms with van der Waals surface area (Å²) < 4.78 is 2.11. The van der Waals surface area contributed by atoms with Crippen LogP contribution in [0.2, 0.25) is 0 Å². The molecule has 1 aliphatic heterocycles. The topological polar surface area (TPSA) is 79.3 Å². The molecule has 2 heterocycles. The molecule has 0 spiro atoms. The Kier molecular flexibility index (Phi) is 6.38. The Morgan fingerprint density at radius 2 is 1.79 bits per heavy atom. The van der Waals surface area contributed by atoms with Crippen molar-refractivity contribution in [3.63, 3.8) is 0 Å². The lowest BCUT2D eigenvalue weighted by molar-refractivity contribution is -0.124. The third kappa shape index (κ3) is 5.22. The molecule has 0 bridgehead atoms. The third-order valence-electron chi connectivity index (χ3n) is 4.82. The maximum absolute atomic E-state index is 13.1. The Morgan fingerprint density at radius 1 is 1.14 bits per heavy atom. The van der Waals surface area contributed by atoms with E-state index in [0.29, 0.717) is 12.2 Å². The summed E-state index contributed by atoms with van der Waals surface area (Å²) in [7, 11) is 3.61. The SMILES string of the molecule is CNC(=O)[C@@H](NC(=O)c1nc(/C=C/C(C)(C)C)n2c1CN(C)CC2)C(C)(C)C. The number of likely N-dealkylation sites (N-methyl/N-ethyl adjacent to an activating group) is 2. The van der Waals surface area contributed by atoms with Gasteiger partial charge in [0.15, 0.2) is 5.69 Å². The normalized spacial score (nSPS) is 16.7. The molecule has 0 saturated carbocycles. The van der Waals surface area contributed by atoms with Gasteiger partial charge in [-0.2, -0.15) is 0 Å². The van der Waals surface area contributed by atoms with E-state index >= 15 is 0 Å². The lowest BCUT2D eigenvalue weighted by Crippen LogP contribution is -2.53. The quantitative estimate of drug-likeness (QED) is 0.828. The summed E-state index contributed by atoms with van der Waals surface area (Å²) in [5.74, 6) is 0.271. The van der Waals surface area contributed by atoms with Crippen LogP contribution in [0.15, 0.2) is 6.08 Å². The van der Waals surface area contributed by atoms with Crippen LogP contribution in [0.1, 0.15) is 63.5 Å². The lowest BCUT2D eigenvalue weighted by atomic mass is 9.86. The van der Waals surface area contributed by atoms with Gasteiger partial charge in [0.2, 0.25) is 5.91 Å². The first-order chi connectivity index (χ1) is 12.8. The summed E-state index contributed by atoms with van der Waals surface area (Å²) in [6, 6.07) is -0.641. The number of fused-ring (bicyclic) bond motifs is 1. The van der Waals surface area contributed by atoms with Crippen molar-refractivity contribution in [2.75, 3.05) is 20.6 Å². The second kappa shape index (κ2) is 8.07. The summed E-state index contributed by atoms with van der Waals surface area (Å²) in [5.41, 5.74) is 0.903. The van der Waals surface area contributed by atoms with Crippen molar-refractivity contribution in [2.45, 2.75) is 60.7 Å². The molecular weight excluding hydrogens is 354 g/mol. The first-order valence-electron chi connectivity index (χ1n) is 9.83. The summed E-state index contributed by atoms with van der Waals surface area (Å²) in [6.07, 6.45) is 4.09. The van der Waals surface area contributed by atoms with Gasteiger partial charge in [0.25, 0.3) is 5.91 Å². The van der Waals surface area contributed by atoms with Crippen LogP contribution in [0.4, 0.5) is 0 Å². The number of carbonyl (C=O) groups excluding carboxylic acids is 2. The molecule has 28 heavy (non-hydrogen) atoms.